The number of aromatic nitrogens is 2. The first kappa shape index (κ1) is 14.8. The van der Waals surface area contributed by atoms with E-state index < -0.39 is 0 Å². The van der Waals surface area contributed by atoms with E-state index in [1.54, 1.807) is 23.3 Å². The second-order valence-corrected chi connectivity index (χ2v) is 5.84. The van der Waals surface area contributed by atoms with Crippen LogP contribution in [0.25, 0.3) is 0 Å². The molecular formula is C15H18BrN3O. The summed E-state index contributed by atoms with van der Waals surface area (Å²) in [6, 6.07) is 7.99. The fourth-order valence-corrected chi connectivity index (χ4v) is 2.29. The minimum atomic E-state index is -0.245. The summed E-state index contributed by atoms with van der Waals surface area (Å²) < 4.78 is 2.86. The van der Waals surface area contributed by atoms with Crippen LogP contribution in [0.2, 0.25) is 0 Å². The van der Waals surface area contributed by atoms with Crippen LogP contribution in [-0.4, -0.2) is 21.5 Å². The standard InChI is InChI=1S/C15H18BrN3O/c1-11(9-13-3-5-14(16)6-4-13)18-15(20)12(2)19-8-7-17-10-19/h3-8,10-12H,9H2,1-2H3,(H,18,20)/t11-,12+/m0/s1. The Morgan fingerprint density at radius 2 is 2.05 bits per heavy atom. The van der Waals surface area contributed by atoms with Crippen molar-refractivity contribution >= 4 is 21.8 Å². The number of carbonyl (C=O) groups excluding carboxylic acids is 1. The molecule has 2 aromatic rings. The van der Waals surface area contributed by atoms with E-state index in [0.29, 0.717) is 0 Å². The predicted molar refractivity (Wildman–Crippen MR) is 82.4 cm³/mol. The van der Waals surface area contributed by atoms with Crippen molar-refractivity contribution in [1.82, 2.24) is 14.9 Å². The van der Waals surface area contributed by atoms with Gasteiger partial charge in [-0.15, -0.1) is 0 Å². The average Bonchev–Trinajstić information content (AvgIpc) is 2.94. The van der Waals surface area contributed by atoms with E-state index in [0.717, 1.165) is 10.9 Å². The molecule has 0 aliphatic carbocycles. The summed E-state index contributed by atoms with van der Waals surface area (Å²) in [4.78, 5) is 16.1. The summed E-state index contributed by atoms with van der Waals surface area (Å²) in [5.74, 6) is 0.00705. The van der Waals surface area contributed by atoms with Gasteiger partial charge in [0.15, 0.2) is 0 Å². The van der Waals surface area contributed by atoms with E-state index in [-0.39, 0.29) is 18.0 Å². The van der Waals surface area contributed by atoms with Crippen LogP contribution in [0.5, 0.6) is 0 Å². The lowest BCUT2D eigenvalue weighted by Gasteiger charge is -2.18. The maximum atomic E-state index is 12.1. The number of amides is 1. The monoisotopic (exact) mass is 335 g/mol. The summed E-state index contributed by atoms with van der Waals surface area (Å²) in [6.07, 6.45) is 5.94. The minimum absolute atomic E-state index is 0.00705. The fraction of sp³-hybridized carbons (Fsp3) is 0.333. The Morgan fingerprint density at radius 3 is 2.65 bits per heavy atom. The molecule has 1 heterocycles. The van der Waals surface area contributed by atoms with E-state index in [2.05, 4.69) is 38.4 Å². The van der Waals surface area contributed by atoms with Crippen LogP contribution in [0.1, 0.15) is 25.5 Å². The normalized spacial score (nSPS) is 13.8. The summed E-state index contributed by atoms with van der Waals surface area (Å²) >= 11 is 3.41. The van der Waals surface area contributed by atoms with E-state index >= 15 is 0 Å². The lowest BCUT2D eigenvalue weighted by atomic mass is 10.1. The Hall–Kier alpha value is -1.62. The number of hydrogen-bond acceptors (Lipinski definition) is 2. The average molecular weight is 336 g/mol. The van der Waals surface area contributed by atoms with Gasteiger partial charge in [0.25, 0.3) is 0 Å². The molecule has 0 aliphatic heterocycles. The highest BCUT2D eigenvalue weighted by Crippen LogP contribution is 2.12. The Kier molecular flexibility index (Phi) is 4.95. The Balaban J connectivity index is 1.89. The van der Waals surface area contributed by atoms with Crippen molar-refractivity contribution in [2.45, 2.75) is 32.4 Å². The lowest BCUT2D eigenvalue weighted by molar-refractivity contribution is -0.124. The third-order valence-corrected chi connectivity index (χ3v) is 3.72. The molecule has 0 fully saturated rings. The number of halogens is 1. The number of benzene rings is 1. The fourth-order valence-electron chi connectivity index (χ4n) is 2.02. The van der Waals surface area contributed by atoms with Crippen LogP contribution < -0.4 is 5.32 Å². The first-order chi connectivity index (χ1) is 9.56. The van der Waals surface area contributed by atoms with Crippen molar-refractivity contribution in [3.05, 3.63) is 53.0 Å². The van der Waals surface area contributed by atoms with Crippen molar-refractivity contribution in [2.75, 3.05) is 0 Å². The molecule has 1 N–H and O–H groups in total. The molecule has 2 rings (SSSR count). The molecule has 106 valence electrons. The van der Waals surface area contributed by atoms with Crippen LogP contribution in [0.3, 0.4) is 0 Å². The summed E-state index contributed by atoms with van der Waals surface area (Å²) in [7, 11) is 0. The molecule has 0 spiro atoms. The topological polar surface area (TPSA) is 46.9 Å². The van der Waals surface area contributed by atoms with Crippen molar-refractivity contribution < 1.29 is 4.79 Å². The third-order valence-electron chi connectivity index (χ3n) is 3.20. The molecule has 0 radical (unpaired) electrons. The molecule has 1 aromatic heterocycles. The smallest absolute Gasteiger partial charge is 0.243 e. The zero-order valence-corrected chi connectivity index (χ0v) is 13.2. The van der Waals surface area contributed by atoms with Gasteiger partial charge < -0.3 is 9.88 Å². The van der Waals surface area contributed by atoms with Crippen LogP contribution >= 0.6 is 15.9 Å². The zero-order valence-electron chi connectivity index (χ0n) is 11.6. The predicted octanol–water partition coefficient (Wildman–Crippen LogP) is 2.95. The molecule has 0 unspecified atom stereocenters. The maximum Gasteiger partial charge on any atom is 0.243 e. The number of nitrogens with one attached hydrogen (secondary N) is 1. The summed E-state index contributed by atoms with van der Waals surface area (Å²) in [5, 5.41) is 3.03. The Bertz CT molecular complexity index is 551. The second-order valence-electron chi connectivity index (χ2n) is 4.93. The molecule has 2 atom stereocenters. The van der Waals surface area contributed by atoms with Gasteiger partial charge in [0, 0.05) is 22.9 Å². The van der Waals surface area contributed by atoms with Crippen molar-refractivity contribution in [1.29, 1.82) is 0 Å². The molecule has 1 amide bonds. The largest absolute Gasteiger partial charge is 0.352 e. The Morgan fingerprint density at radius 1 is 1.35 bits per heavy atom. The molecule has 5 heteroatoms. The minimum Gasteiger partial charge on any atom is -0.352 e. The van der Waals surface area contributed by atoms with E-state index in [4.69, 9.17) is 0 Å². The number of carbonyl (C=O) groups is 1. The molecule has 0 aliphatic rings. The molecule has 0 saturated carbocycles. The molecule has 1 aromatic carbocycles. The van der Waals surface area contributed by atoms with E-state index in [1.807, 2.05) is 26.0 Å². The van der Waals surface area contributed by atoms with E-state index in [9.17, 15) is 4.79 Å². The highest BCUT2D eigenvalue weighted by atomic mass is 79.9. The van der Waals surface area contributed by atoms with Crippen LogP contribution in [0.15, 0.2) is 47.5 Å². The molecule has 0 saturated heterocycles. The number of rotatable bonds is 5. The SMILES string of the molecule is C[C@H](C(=O)N[C@@H](C)Cc1ccc(Br)cc1)n1ccnc1. The first-order valence-corrected chi connectivity index (χ1v) is 7.38. The van der Waals surface area contributed by atoms with Gasteiger partial charge in [0.1, 0.15) is 6.04 Å². The Labute approximate surface area is 127 Å². The van der Waals surface area contributed by atoms with Gasteiger partial charge in [-0.2, -0.15) is 0 Å². The number of imidazole rings is 1. The lowest BCUT2D eigenvalue weighted by Crippen LogP contribution is -2.38. The highest BCUT2D eigenvalue weighted by molar-refractivity contribution is 9.10. The molecule has 4 nitrogen and oxygen atoms in total. The zero-order chi connectivity index (χ0) is 14.5. The van der Waals surface area contributed by atoms with Gasteiger partial charge in [-0.05, 0) is 38.0 Å². The van der Waals surface area contributed by atoms with Crippen LogP contribution in [0.4, 0.5) is 0 Å². The van der Waals surface area contributed by atoms with Gasteiger partial charge in [0.2, 0.25) is 5.91 Å². The van der Waals surface area contributed by atoms with Gasteiger partial charge in [-0.25, -0.2) is 4.98 Å². The quantitative estimate of drug-likeness (QED) is 0.913. The first-order valence-electron chi connectivity index (χ1n) is 6.58. The second kappa shape index (κ2) is 6.70. The van der Waals surface area contributed by atoms with Gasteiger partial charge in [-0.3, -0.25) is 4.79 Å². The summed E-state index contributed by atoms with van der Waals surface area (Å²) in [6.45, 7) is 3.88. The van der Waals surface area contributed by atoms with Crippen molar-refractivity contribution in [2.24, 2.45) is 0 Å². The van der Waals surface area contributed by atoms with Gasteiger partial charge >= 0.3 is 0 Å². The third kappa shape index (κ3) is 3.93. The highest BCUT2D eigenvalue weighted by Gasteiger charge is 2.16. The number of nitrogens with zero attached hydrogens (tertiary/aromatic N) is 2. The van der Waals surface area contributed by atoms with Gasteiger partial charge in [0.05, 0.1) is 6.33 Å². The van der Waals surface area contributed by atoms with Crippen molar-refractivity contribution in [3.63, 3.8) is 0 Å². The van der Waals surface area contributed by atoms with Crippen LogP contribution in [-0.2, 0) is 11.2 Å². The summed E-state index contributed by atoms with van der Waals surface area (Å²) in [5.41, 5.74) is 1.20. The van der Waals surface area contributed by atoms with Gasteiger partial charge in [-0.1, -0.05) is 28.1 Å². The van der Waals surface area contributed by atoms with Crippen molar-refractivity contribution in [3.8, 4) is 0 Å². The molecule has 0 bridgehead atoms. The maximum absolute atomic E-state index is 12.1. The van der Waals surface area contributed by atoms with Crippen LogP contribution in [0, 0.1) is 0 Å². The molecular weight excluding hydrogens is 318 g/mol. The van der Waals surface area contributed by atoms with E-state index in [1.165, 1.54) is 5.56 Å². The molecule has 20 heavy (non-hydrogen) atoms. The number of hydrogen-bond donors (Lipinski definition) is 1.